The van der Waals surface area contributed by atoms with Crippen molar-refractivity contribution >= 4 is 5.97 Å². The summed E-state index contributed by atoms with van der Waals surface area (Å²) in [6, 6.07) is 6.42. The lowest BCUT2D eigenvalue weighted by molar-refractivity contribution is -0.154. The lowest BCUT2D eigenvalue weighted by Gasteiger charge is -2.28. The number of aryl methyl sites for hydroxylation is 2. The Labute approximate surface area is 122 Å². The van der Waals surface area contributed by atoms with Crippen LogP contribution in [0, 0.1) is 11.3 Å². The molecule has 0 aromatic heterocycles. The number of benzene rings is 1. The van der Waals surface area contributed by atoms with E-state index in [1.165, 1.54) is 17.5 Å². The summed E-state index contributed by atoms with van der Waals surface area (Å²) in [4.78, 5) is 12.3. The largest absolute Gasteiger partial charge is 0.461 e. The van der Waals surface area contributed by atoms with E-state index in [4.69, 9.17) is 4.74 Å². The number of esters is 1. The molecule has 1 atom stereocenters. The molecule has 2 rings (SSSR count). The van der Waals surface area contributed by atoms with Gasteiger partial charge in [-0.15, -0.1) is 0 Å². The van der Waals surface area contributed by atoms with Gasteiger partial charge in [-0.2, -0.15) is 0 Å². The predicted octanol–water partition coefficient (Wildman–Crippen LogP) is 4.29. The third-order valence-electron chi connectivity index (χ3n) is 4.22. The molecule has 20 heavy (non-hydrogen) atoms. The molecule has 1 aliphatic rings. The van der Waals surface area contributed by atoms with Gasteiger partial charge < -0.3 is 4.74 Å². The van der Waals surface area contributed by atoms with Gasteiger partial charge in [-0.25, -0.2) is 0 Å². The molecular weight excluding hydrogens is 248 g/mol. The van der Waals surface area contributed by atoms with Crippen molar-refractivity contribution in [3.8, 4) is 0 Å². The molecule has 1 aromatic carbocycles. The summed E-state index contributed by atoms with van der Waals surface area (Å²) in [7, 11) is 0. The average molecular weight is 274 g/mol. The summed E-state index contributed by atoms with van der Waals surface area (Å²) in [6.07, 6.45) is 4.26. The van der Waals surface area contributed by atoms with Crippen molar-refractivity contribution < 1.29 is 9.53 Å². The van der Waals surface area contributed by atoms with E-state index >= 15 is 0 Å². The normalized spacial score (nSPS) is 15.2. The first kappa shape index (κ1) is 15.1. The number of hydrogen-bond donors (Lipinski definition) is 0. The maximum atomic E-state index is 12.3. The second-order valence-electron chi connectivity index (χ2n) is 6.92. The van der Waals surface area contributed by atoms with Crippen LogP contribution < -0.4 is 0 Å². The van der Waals surface area contributed by atoms with Crippen LogP contribution in [0.1, 0.15) is 57.2 Å². The van der Waals surface area contributed by atoms with Gasteiger partial charge in [0, 0.05) is 0 Å². The van der Waals surface area contributed by atoms with E-state index in [0.29, 0.717) is 6.61 Å². The van der Waals surface area contributed by atoms with Crippen molar-refractivity contribution in [1.82, 2.24) is 0 Å². The average Bonchev–Trinajstić information content (AvgIpc) is 2.34. The molecule has 0 radical (unpaired) electrons. The molecule has 1 unspecified atom stereocenters. The molecule has 1 aliphatic carbocycles. The summed E-state index contributed by atoms with van der Waals surface area (Å²) in [5, 5.41) is 0. The van der Waals surface area contributed by atoms with Crippen LogP contribution >= 0.6 is 0 Å². The summed E-state index contributed by atoms with van der Waals surface area (Å²) >= 11 is 0. The van der Waals surface area contributed by atoms with E-state index in [9.17, 15) is 4.79 Å². The van der Waals surface area contributed by atoms with E-state index in [1.54, 1.807) is 0 Å². The van der Waals surface area contributed by atoms with Crippen LogP contribution in [0.3, 0.4) is 0 Å². The molecule has 0 aliphatic heterocycles. The van der Waals surface area contributed by atoms with Crippen LogP contribution in [0.5, 0.6) is 0 Å². The molecule has 1 aromatic rings. The number of fused-ring (bicyclic) bond motifs is 1. The summed E-state index contributed by atoms with van der Waals surface area (Å²) in [5.74, 6) is -0.0683. The maximum absolute atomic E-state index is 12.3. The van der Waals surface area contributed by atoms with Gasteiger partial charge in [0.15, 0.2) is 0 Å². The minimum atomic E-state index is -0.0537. The van der Waals surface area contributed by atoms with Gasteiger partial charge in [-0.05, 0) is 41.4 Å². The molecule has 0 fully saturated rings. The van der Waals surface area contributed by atoms with Gasteiger partial charge in [-0.3, -0.25) is 4.79 Å². The van der Waals surface area contributed by atoms with Crippen LogP contribution in [0.4, 0.5) is 0 Å². The first-order chi connectivity index (χ1) is 9.41. The molecule has 0 heterocycles. The number of ether oxygens (including phenoxy) is 1. The fourth-order valence-electron chi connectivity index (χ4n) is 2.79. The van der Waals surface area contributed by atoms with E-state index in [2.05, 4.69) is 45.9 Å². The minimum Gasteiger partial charge on any atom is -0.461 e. The van der Waals surface area contributed by atoms with Crippen molar-refractivity contribution in [2.45, 2.75) is 60.0 Å². The zero-order valence-corrected chi connectivity index (χ0v) is 13.2. The van der Waals surface area contributed by atoms with Gasteiger partial charge >= 0.3 is 5.97 Å². The first-order valence-corrected chi connectivity index (χ1v) is 7.69. The van der Waals surface area contributed by atoms with Crippen LogP contribution in [-0.4, -0.2) is 5.97 Å². The monoisotopic (exact) mass is 274 g/mol. The van der Waals surface area contributed by atoms with Crippen molar-refractivity contribution in [1.29, 1.82) is 0 Å². The molecular formula is C18H26O2. The van der Waals surface area contributed by atoms with Gasteiger partial charge in [0.25, 0.3) is 0 Å². The molecule has 2 nitrogen and oxygen atoms in total. The number of carbonyl (C=O) groups excluding carboxylic acids is 1. The molecule has 0 saturated heterocycles. The van der Waals surface area contributed by atoms with E-state index in [0.717, 1.165) is 24.8 Å². The van der Waals surface area contributed by atoms with E-state index < -0.39 is 0 Å². The number of hydrogen-bond acceptors (Lipinski definition) is 2. The highest BCUT2D eigenvalue weighted by molar-refractivity contribution is 5.73. The Balaban J connectivity index is 1.94. The fourth-order valence-corrected chi connectivity index (χ4v) is 2.79. The second-order valence-corrected chi connectivity index (χ2v) is 6.92. The van der Waals surface area contributed by atoms with Crippen LogP contribution in [0.25, 0.3) is 0 Å². The summed E-state index contributed by atoms with van der Waals surface area (Å²) in [5.41, 5.74) is 3.94. The quantitative estimate of drug-likeness (QED) is 0.749. The highest BCUT2D eigenvalue weighted by Crippen LogP contribution is 2.31. The summed E-state index contributed by atoms with van der Waals surface area (Å²) in [6.45, 7) is 8.85. The first-order valence-electron chi connectivity index (χ1n) is 7.69. The molecule has 2 heteroatoms. The lowest BCUT2D eigenvalue weighted by atomic mass is 9.78. The molecule has 0 spiro atoms. The van der Waals surface area contributed by atoms with Crippen molar-refractivity contribution in [2.75, 3.05) is 0 Å². The van der Waals surface area contributed by atoms with Crippen LogP contribution in [-0.2, 0) is 29.0 Å². The SMILES string of the molecule is CCCC(C(=O)OCc1ccc2c(c1)CC2)C(C)(C)C. The molecule has 0 bridgehead atoms. The van der Waals surface area contributed by atoms with Crippen LogP contribution in [0.15, 0.2) is 18.2 Å². The Bertz CT molecular complexity index is 483. The van der Waals surface area contributed by atoms with Crippen molar-refractivity contribution in [3.63, 3.8) is 0 Å². The lowest BCUT2D eigenvalue weighted by Crippen LogP contribution is -2.30. The second kappa shape index (κ2) is 5.99. The van der Waals surface area contributed by atoms with E-state index in [1.807, 2.05) is 0 Å². The maximum Gasteiger partial charge on any atom is 0.309 e. The standard InChI is InChI=1S/C18H26O2/c1-5-6-16(18(2,3)4)17(19)20-12-13-7-8-14-9-10-15(14)11-13/h7-8,11,16H,5-6,9-10,12H2,1-4H3. The summed E-state index contributed by atoms with van der Waals surface area (Å²) < 4.78 is 5.55. The van der Waals surface area contributed by atoms with Gasteiger partial charge in [-0.1, -0.05) is 52.3 Å². The third-order valence-corrected chi connectivity index (χ3v) is 4.22. The predicted molar refractivity (Wildman–Crippen MR) is 81.5 cm³/mol. The van der Waals surface area contributed by atoms with Crippen LogP contribution in [0.2, 0.25) is 0 Å². The Morgan fingerprint density at radius 1 is 1.25 bits per heavy atom. The van der Waals surface area contributed by atoms with Gasteiger partial charge in [0.1, 0.15) is 6.61 Å². The Morgan fingerprint density at radius 2 is 1.95 bits per heavy atom. The molecule has 0 saturated carbocycles. The molecule has 0 N–H and O–H groups in total. The highest BCUT2D eigenvalue weighted by atomic mass is 16.5. The smallest absolute Gasteiger partial charge is 0.309 e. The fraction of sp³-hybridized carbons (Fsp3) is 0.611. The highest BCUT2D eigenvalue weighted by Gasteiger charge is 2.31. The van der Waals surface area contributed by atoms with Gasteiger partial charge in [0.2, 0.25) is 0 Å². The number of rotatable bonds is 5. The van der Waals surface area contributed by atoms with Crippen molar-refractivity contribution in [2.24, 2.45) is 11.3 Å². The topological polar surface area (TPSA) is 26.3 Å². The zero-order valence-electron chi connectivity index (χ0n) is 13.2. The van der Waals surface area contributed by atoms with Gasteiger partial charge in [0.05, 0.1) is 5.92 Å². The Hall–Kier alpha value is -1.31. The minimum absolute atomic E-state index is 0.0147. The third kappa shape index (κ3) is 3.41. The van der Waals surface area contributed by atoms with E-state index in [-0.39, 0.29) is 17.3 Å². The van der Waals surface area contributed by atoms with Crippen molar-refractivity contribution in [3.05, 3.63) is 34.9 Å². The Kier molecular flexibility index (Phi) is 4.52. The number of carbonyl (C=O) groups is 1. The zero-order chi connectivity index (χ0) is 14.8. The molecule has 110 valence electrons. The Morgan fingerprint density at radius 3 is 2.45 bits per heavy atom. The molecule has 0 amide bonds.